The first kappa shape index (κ1) is 11.2. The van der Waals surface area contributed by atoms with Crippen molar-refractivity contribution in [3.8, 4) is 0 Å². The van der Waals surface area contributed by atoms with Gasteiger partial charge < -0.3 is 4.84 Å². The number of rotatable bonds is 4. The molecule has 0 aliphatic heterocycles. The van der Waals surface area contributed by atoms with Crippen molar-refractivity contribution in [2.45, 2.75) is 33.7 Å². The third-order valence-electron chi connectivity index (χ3n) is 2.15. The van der Waals surface area contributed by atoms with Crippen molar-refractivity contribution in [3.05, 3.63) is 34.9 Å². The van der Waals surface area contributed by atoms with E-state index in [1.165, 1.54) is 16.7 Å². The van der Waals surface area contributed by atoms with Crippen LogP contribution in [0.2, 0.25) is 0 Å². The van der Waals surface area contributed by atoms with Crippen LogP contribution >= 0.6 is 0 Å². The molecule has 0 heterocycles. The van der Waals surface area contributed by atoms with Crippen LogP contribution in [0.4, 0.5) is 0 Å². The maximum atomic E-state index is 5.18. The van der Waals surface area contributed by atoms with E-state index in [9.17, 15) is 0 Å². The Labute approximate surface area is 86.2 Å². The Morgan fingerprint density at radius 1 is 1.21 bits per heavy atom. The number of aryl methyl sites for hydroxylation is 2. The highest BCUT2D eigenvalue weighted by molar-refractivity contribution is 5.30. The molecule has 0 saturated carbocycles. The maximum absolute atomic E-state index is 5.18. The molecule has 0 spiro atoms. The van der Waals surface area contributed by atoms with Gasteiger partial charge in [-0.3, -0.25) is 0 Å². The second-order valence-electron chi connectivity index (χ2n) is 3.69. The Bertz CT molecular complexity index is 276. The average Bonchev–Trinajstić information content (AvgIpc) is 2.12. The smallest absolute Gasteiger partial charge is 0.0654 e. The molecular weight excluding hydrogens is 174 g/mol. The first-order valence-electron chi connectivity index (χ1n) is 5.09. The highest BCUT2D eigenvalue weighted by Gasteiger charge is 2.05. The quantitative estimate of drug-likeness (QED) is 0.742. The van der Waals surface area contributed by atoms with Crippen molar-refractivity contribution in [1.29, 1.82) is 0 Å². The lowest BCUT2D eigenvalue weighted by atomic mass is 10.0. The van der Waals surface area contributed by atoms with Gasteiger partial charge in [-0.1, -0.05) is 29.3 Å². The zero-order valence-electron chi connectivity index (χ0n) is 9.42. The lowest BCUT2D eigenvalue weighted by molar-refractivity contribution is 0.0285. The van der Waals surface area contributed by atoms with Crippen LogP contribution < -0.4 is 5.48 Å². The van der Waals surface area contributed by atoms with Crippen molar-refractivity contribution in [1.82, 2.24) is 5.48 Å². The van der Waals surface area contributed by atoms with Crippen LogP contribution in [0.25, 0.3) is 0 Å². The largest absolute Gasteiger partial charge is 0.302 e. The zero-order valence-corrected chi connectivity index (χ0v) is 9.42. The van der Waals surface area contributed by atoms with Gasteiger partial charge in [0.2, 0.25) is 0 Å². The molecule has 0 fully saturated rings. The van der Waals surface area contributed by atoms with Gasteiger partial charge in [0.15, 0.2) is 0 Å². The number of benzene rings is 1. The Morgan fingerprint density at radius 3 is 2.29 bits per heavy atom. The molecular formula is C12H19NO. The molecule has 1 aromatic carbocycles. The Balaban J connectivity index is 2.73. The van der Waals surface area contributed by atoms with Crippen LogP contribution in [0.3, 0.4) is 0 Å². The molecule has 14 heavy (non-hydrogen) atoms. The zero-order chi connectivity index (χ0) is 10.6. The van der Waals surface area contributed by atoms with Gasteiger partial charge in [0.25, 0.3) is 0 Å². The minimum atomic E-state index is 0.244. The van der Waals surface area contributed by atoms with E-state index in [1.807, 2.05) is 6.92 Å². The number of hydroxylamine groups is 1. The SMILES string of the molecule is CCONC(C)c1cc(C)cc(C)c1. The van der Waals surface area contributed by atoms with E-state index in [0.717, 1.165) is 0 Å². The monoisotopic (exact) mass is 193 g/mol. The van der Waals surface area contributed by atoms with Crippen LogP contribution in [0.1, 0.15) is 36.6 Å². The van der Waals surface area contributed by atoms with Crippen LogP contribution in [0, 0.1) is 13.8 Å². The maximum Gasteiger partial charge on any atom is 0.0654 e. The van der Waals surface area contributed by atoms with Crippen molar-refractivity contribution >= 4 is 0 Å². The van der Waals surface area contributed by atoms with E-state index >= 15 is 0 Å². The van der Waals surface area contributed by atoms with Crippen molar-refractivity contribution < 1.29 is 4.84 Å². The molecule has 1 aromatic rings. The van der Waals surface area contributed by atoms with E-state index in [0.29, 0.717) is 6.61 Å². The molecule has 1 rings (SSSR count). The van der Waals surface area contributed by atoms with Gasteiger partial charge in [-0.25, -0.2) is 0 Å². The van der Waals surface area contributed by atoms with E-state index in [2.05, 4.69) is 44.5 Å². The summed E-state index contributed by atoms with van der Waals surface area (Å²) < 4.78 is 0. The summed E-state index contributed by atoms with van der Waals surface area (Å²) in [5, 5.41) is 0. The molecule has 0 aromatic heterocycles. The predicted molar refractivity (Wildman–Crippen MR) is 59.1 cm³/mol. The number of hydrogen-bond donors (Lipinski definition) is 1. The van der Waals surface area contributed by atoms with Gasteiger partial charge in [0.1, 0.15) is 0 Å². The normalized spacial score (nSPS) is 12.9. The first-order valence-corrected chi connectivity index (χ1v) is 5.09. The van der Waals surface area contributed by atoms with Crippen molar-refractivity contribution in [3.63, 3.8) is 0 Å². The molecule has 0 aliphatic carbocycles. The molecule has 78 valence electrons. The number of nitrogens with one attached hydrogen (secondary N) is 1. The Kier molecular flexibility index (Phi) is 4.11. The fourth-order valence-corrected chi connectivity index (χ4v) is 1.54. The fourth-order valence-electron chi connectivity index (χ4n) is 1.54. The molecule has 0 bridgehead atoms. The third kappa shape index (κ3) is 3.13. The minimum absolute atomic E-state index is 0.244. The summed E-state index contributed by atoms with van der Waals surface area (Å²) in [7, 11) is 0. The van der Waals surface area contributed by atoms with Crippen LogP contribution in [-0.4, -0.2) is 6.61 Å². The second kappa shape index (κ2) is 5.13. The highest BCUT2D eigenvalue weighted by Crippen LogP contribution is 2.16. The Morgan fingerprint density at radius 2 is 1.79 bits per heavy atom. The topological polar surface area (TPSA) is 21.3 Å². The van der Waals surface area contributed by atoms with Gasteiger partial charge in [0, 0.05) is 0 Å². The summed E-state index contributed by atoms with van der Waals surface area (Å²) >= 11 is 0. The molecule has 1 atom stereocenters. The average molecular weight is 193 g/mol. The van der Waals surface area contributed by atoms with E-state index in [1.54, 1.807) is 0 Å². The predicted octanol–water partition coefficient (Wildman–Crippen LogP) is 2.91. The lowest BCUT2D eigenvalue weighted by Gasteiger charge is -2.14. The summed E-state index contributed by atoms with van der Waals surface area (Å²) in [5.41, 5.74) is 6.87. The highest BCUT2D eigenvalue weighted by atomic mass is 16.6. The molecule has 1 unspecified atom stereocenters. The molecule has 0 saturated heterocycles. The van der Waals surface area contributed by atoms with Crippen molar-refractivity contribution in [2.75, 3.05) is 6.61 Å². The second-order valence-corrected chi connectivity index (χ2v) is 3.69. The minimum Gasteiger partial charge on any atom is -0.302 e. The molecule has 0 radical (unpaired) electrons. The molecule has 0 amide bonds. The van der Waals surface area contributed by atoms with E-state index in [4.69, 9.17) is 4.84 Å². The van der Waals surface area contributed by atoms with E-state index < -0.39 is 0 Å². The van der Waals surface area contributed by atoms with Crippen molar-refractivity contribution in [2.24, 2.45) is 0 Å². The van der Waals surface area contributed by atoms with Crippen LogP contribution in [-0.2, 0) is 4.84 Å². The molecule has 2 heteroatoms. The van der Waals surface area contributed by atoms with Crippen LogP contribution in [0.5, 0.6) is 0 Å². The van der Waals surface area contributed by atoms with E-state index in [-0.39, 0.29) is 6.04 Å². The lowest BCUT2D eigenvalue weighted by Crippen LogP contribution is -2.19. The summed E-state index contributed by atoms with van der Waals surface area (Å²) in [6.45, 7) is 8.99. The van der Waals surface area contributed by atoms with Gasteiger partial charge in [-0.15, -0.1) is 0 Å². The van der Waals surface area contributed by atoms with Gasteiger partial charge in [-0.2, -0.15) is 5.48 Å². The van der Waals surface area contributed by atoms with Gasteiger partial charge >= 0.3 is 0 Å². The summed E-state index contributed by atoms with van der Waals surface area (Å²) in [5.74, 6) is 0. The van der Waals surface area contributed by atoms with Crippen LogP contribution in [0.15, 0.2) is 18.2 Å². The summed E-state index contributed by atoms with van der Waals surface area (Å²) in [6.07, 6.45) is 0. The third-order valence-corrected chi connectivity index (χ3v) is 2.15. The Hall–Kier alpha value is -0.860. The van der Waals surface area contributed by atoms with Gasteiger partial charge in [0.05, 0.1) is 12.6 Å². The molecule has 1 N–H and O–H groups in total. The first-order chi connectivity index (χ1) is 6.63. The molecule has 0 aliphatic rings. The standard InChI is InChI=1S/C12H19NO/c1-5-14-13-11(4)12-7-9(2)6-10(3)8-12/h6-8,11,13H,5H2,1-4H3. The summed E-state index contributed by atoms with van der Waals surface area (Å²) in [6, 6.07) is 6.79. The molecule has 2 nitrogen and oxygen atoms in total. The number of hydrogen-bond acceptors (Lipinski definition) is 2. The fraction of sp³-hybridized carbons (Fsp3) is 0.500. The van der Waals surface area contributed by atoms with Gasteiger partial charge in [-0.05, 0) is 33.3 Å². The summed E-state index contributed by atoms with van der Waals surface area (Å²) in [4.78, 5) is 5.18.